The van der Waals surface area contributed by atoms with Crippen LogP contribution in [-0.4, -0.2) is 0 Å². The van der Waals surface area contributed by atoms with Gasteiger partial charge in [-0.2, -0.15) is 10.5 Å². The number of nitrogens with zero attached hydrogens (tertiary/aromatic N) is 2. The average molecular weight is 219 g/mol. The van der Waals surface area contributed by atoms with E-state index < -0.39 is 0 Å². The van der Waals surface area contributed by atoms with Gasteiger partial charge < -0.3 is 5.73 Å². The zero-order valence-electron chi connectivity index (χ0n) is 9.01. The molecule has 0 aliphatic heterocycles. The third-order valence-electron chi connectivity index (χ3n) is 2.44. The number of allylic oxidation sites excluding steroid dienone is 1. The molecule has 0 spiro atoms. The van der Waals surface area contributed by atoms with E-state index in [1.54, 1.807) is 6.08 Å². The van der Waals surface area contributed by atoms with Crippen molar-refractivity contribution in [2.45, 2.75) is 0 Å². The van der Waals surface area contributed by atoms with Crippen molar-refractivity contribution in [2.24, 2.45) is 0 Å². The monoisotopic (exact) mass is 219 g/mol. The Hall–Kier alpha value is -2.78. The van der Waals surface area contributed by atoms with E-state index in [1.165, 1.54) is 0 Å². The molecule has 2 aromatic carbocycles. The molecule has 0 fully saturated rings. The van der Waals surface area contributed by atoms with Crippen molar-refractivity contribution in [2.75, 3.05) is 5.73 Å². The van der Waals surface area contributed by atoms with Gasteiger partial charge in [-0.1, -0.05) is 18.2 Å². The van der Waals surface area contributed by atoms with E-state index in [0.717, 1.165) is 22.0 Å². The van der Waals surface area contributed by atoms with Crippen molar-refractivity contribution < 1.29 is 0 Å². The standard InChI is InChI=1S/C14H9N3/c15-8-11(9-16)5-10-1-2-13-7-14(17)4-3-12(13)6-10/h1-7H,17H2. The van der Waals surface area contributed by atoms with Gasteiger partial charge in [0.2, 0.25) is 0 Å². The first-order valence-electron chi connectivity index (χ1n) is 5.04. The van der Waals surface area contributed by atoms with Crippen LogP contribution in [0.4, 0.5) is 5.69 Å². The Labute approximate surface area is 99.0 Å². The van der Waals surface area contributed by atoms with Crippen molar-refractivity contribution in [1.29, 1.82) is 10.5 Å². The van der Waals surface area contributed by atoms with Gasteiger partial charge in [-0.25, -0.2) is 0 Å². The fourth-order valence-corrected chi connectivity index (χ4v) is 1.63. The van der Waals surface area contributed by atoms with E-state index in [-0.39, 0.29) is 5.57 Å². The Kier molecular flexibility index (Phi) is 2.77. The Balaban J connectivity index is 2.54. The quantitative estimate of drug-likeness (QED) is 0.592. The molecule has 2 aromatic rings. The molecule has 0 bridgehead atoms. The van der Waals surface area contributed by atoms with E-state index in [4.69, 9.17) is 16.3 Å². The summed E-state index contributed by atoms with van der Waals surface area (Å²) in [5, 5.41) is 19.4. The molecule has 0 unspecified atom stereocenters. The number of benzene rings is 2. The van der Waals surface area contributed by atoms with E-state index in [1.807, 2.05) is 48.5 Å². The van der Waals surface area contributed by atoms with Crippen LogP contribution in [0.25, 0.3) is 16.8 Å². The summed E-state index contributed by atoms with van der Waals surface area (Å²) in [6.07, 6.45) is 1.57. The van der Waals surface area contributed by atoms with Crippen LogP contribution in [0.3, 0.4) is 0 Å². The van der Waals surface area contributed by atoms with Crippen LogP contribution < -0.4 is 5.73 Å². The molecule has 17 heavy (non-hydrogen) atoms. The van der Waals surface area contributed by atoms with Crippen LogP contribution in [0, 0.1) is 22.7 Å². The summed E-state index contributed by atoms with van der Waals surface area (Å²) in [5.74, 6) is 0. The summed E-state index contributed by atoms with van der Waals surface area (Å²) >= 11 is 0. The lowest BCUT2D eigenvalue weighted by atomic mass is 10.0. The highest BCUT2D eigenvalue weighted by Gasteiger charge is 1.97. The van der Waals surface area contributed by atoms with Gasteiger partial charge in [-0.3, -0.25) is 0 Å². The first kappa shape index (κ1) is 10.7. The predicted octanol–water partition coefficient (Wildman–Crippen LogP) is 2.85. The second kappa shape index (κ2) is 4.38. The summed E-state index contributed by atoms with van der Waals surface area (Å²) < 4.78 is 0. The number of nitriles is 2. The highest BCUT2D eigenvalue weighted by Crippen LogP contribution is 2.20. The summed E-state index contributed by atoms with van der Waals surface area (Å²) in [7, 11) is 0. The van der Waals surface area contributed by atoms with Crippen LogP contribution in [-0.2, 0) is 0 Å². The van der Waals surface area contributed by atoms with Crippen molar-refractivity contribution >= 4 is 22.5 Å². The van der Waals surface area contributed by atoms with Crippen LogP contribution >= 0.6 is 0 Å². The van der Waals surface area contributed by atoms with Gasteiger partial charge in [0, 0.05) is 5.69 Å². The van der Waals surface area contributed by atoms with Gasteiger partial charge in [0.15, 0.2) is 0 Å². The van der Waals surface area contributed by atoms with Gasteiger partial charge in [0.05, 0.1) is 0 Å². The molecular weight excluding hydrogens is 210 g/mol. The summed E-state index contributed by atoms with van der Waals surface area (Å²) in [6, 6.07) is 15.0. The summed E-state index contributed by atoms with van der Waals surface area (Å²) in [6.45, 7) is 0. The smallest absolute Gasteiger partial charge is 0.130 e. The molecule has 0 radical (unpaired) electrons. The second-order valence-electron chi connectivity index (χ2n) is 3.65. The van der Waals surface area contributed by atoms with Gasteiger partial charge in [0.25, 0.3) is 0 Å². The fourth-order valence-electron chi connectivity index (χ4n) is 1.63. The van der Waals surface area contributed by atoms with E-state index in [0.29, 0.717) is 0 Å². The van der Waals surface area contributed by atoms with E-state index in [2.05, 4.69) is 0 Å². The van der Waals surface area contributed by atoms with E-state index >= 15 is 0 Å². The minimum absolute atomic E-state index is 0.0970. The molecule has 3 heteroatoms. The normalized spacial score (nSPS) is 9.29. The maximum atomic E-state index is 8.68. The maximum absolute atomic E-state index is 8.68. The Morgan fingerprint density at radius 3 is 2.35 bits per heavy atom. The molecule has 0 saturated carbocycles. The lowest BCUT2D eigenvalue weighted by molar-refractivity contribution is 1.47. The first-order valence-corrected chi connectivity index (χ1v) is 5.04. The molecule has 0 atom stereocenters. The van der Waals surface area contributed by atoms with Crippen molar-refractivity contribution in [3.05, 3.63) is 47.5 Å². The number of nitrogen functional groups attached to an aromatic ring is 1. The fraction of sp³-hybridized carbons (Fsp3) is 0. The third kappa shape index (κ3) is 2.25. The first-order chi connectivity index (χ1) is 8.22. The van der Waals surface area contributed by atoms with E-state index in [9.17, 15) is 0 Å². The highest BCUT2D eigenvalue weighted by molar-refractivity contribution is 5.87. The summed E-state index contributed by atoms with van der Waals surface area (Å²) in [4.78, 5) is 0. The van der Waals surface area contributed by atoms with Crippen molar-refractivity contribution in [3.63, 3.8) is 0 Å². The van der Waals surface area contributed by atoms with Crippen LogP contribution in [0.15, 0.2) is 42.0 Å². The SMILES string of the molecule is N#CC(C#N)=Cc1ccc2cc(N)ccc2c1. The topological polar surface area (TPSA) is 73.6 Å². The zero-order chi connectivity index (χ0) is 12.3. The minimum Gasteiger partial charge on any atom is -0.399 e. The lowest BCUT2D eigenvalue weighted by Gasteiger charge is -2.01. The maximum Gasteiger partial charge on any atom is 0.130 e. The van der Waals surface area contributed by atoms with Crippen LogP contribution in [0.2, 0.25) is 0 Å². The molecule has 2 rings (SSSR count). The average Bonchev–Trinajstić information content (AvgIpc) is 2.36. The number of rotatable bonds is 1. The van der Waals surface area contributed by atoms with Crippen molar-refractivity contribution in [3.8, 4) is 12.1 Å². The van der Waals surface area contributed by atoms with Gasteiger partial charge >= 0.3 is 0 Å². The Morgan fingerprint density at radius 2 is 1.65 bits per heavy atom. The van der Waals surface area contributed by atoms with Crippen LogP contribution in [0.5, 0.6) is 0 Å². The molecule has 0 heterocycles. The highest BCUT2D eigenvalue weighted by atomic mass is 14.5. The minimum atomic E-state index is 0.0970. The number of hydrogen-bond donors (Lipinski definition) is 1. The number of nitrogens with two attached hydrogens (primary N) is 1. The van der Waals surface area contributed by atoms with Gasteiger partial charge in [0.1, 0.15) is 17.7 Å². The molecule has 80 valence electrons. The molecule has 0 aliphatic carbocycles. The third-order valence-corrected chi connectivity index (χ3v) is 2.44. The summed E-state index contributed by atoms with van der Waals surface area (Å²) in [5.41, 5.74) is 7.34. The second-order valence-corrected chi connectivity index (χ2v) is 3.65. The van der Waals surface area contributed by atoms with Crippen LogP contribution in [0.1, 0.15) is 5.56 Å². The van der Waals surface area contributed by atoms with Gasteiger partial charge in [-0.05, 0) is 40.6 Å². The Bertz CT molecular complexity index is 669. The number of anilines is 1. The molecule has 0 amide bonds. The number of hydrogen-bond acceptors (Lipinski definition) is 3. The Morgan fingerprint density at radius 1 is 1.00 bits per heavy atom. The van der Waals surface area contributed by atoms with Crippen molar-refractivity contribution in [1.82, 2.24) is 0 Å². The largest absolute Gasteiger partial charge is 0.399 e. The molecule has 0 saturated heterocycles. The molecule has 0 aliphatic rings. The lowest BCUT2D eigenvalue weighted by Crippen LogP contribution is -1.84. The molecular formula is C14H9N3. The van der Waals surface area contributed by atoms with Gasteiger partial charge in [-0.15, -0.1) is 0 Å². The molecule has 2 N–H and O–H groups in total. The molecule has 0 aromatic heterocycles. The molecule has 3 nitrogen and oxygen atoms in total. The number of fused-ring (bicyclic) bond motifs is 1. The zero-order valence-corrected chi connectivity index (χ0v) is 9.01. The predicted molar refractivity (Wildman–Crippen MR) is 67.6 cm³/mol.